The Balaban J connectivity index is 2.03. The van der Waals surface area contributed by atoms with Crippen molar-refractivity contribution in [1.29, 1.82) is 0 Å². The van der Waals surface area contributed by atoms with Crippen LogP contribution in [0.5, 0.6) is 0 Å². The van der Waals surface area contributed by atoms with Gasteiger partial charge in [-0.3, -0.25) is 4.79 Å². The SMILES string of the molecule is NC(=O)c1[nH]c2ccc(Br)cc2c1S(=O)(=O)NCC1CCCO1. The minimum Gasteiger partial charge on any atom is -0.377 e. The summed E-state index contributed by atoms with van der Waals surface area (Å²) >= 11 is 3.31. The molecule has 7 nitrogen and oxygen atoms in total. The van der Waals surface area contributed by atoms with Crippen LogP contribution in [0.4, 0.5) is 0 Å². The summed E-state index contributed by atoms with van der Waals surface area (Å²) in [6, 6.07) is 5.07. The van der Waals surface area contributed by atoms with Crippen molar-refractivity contribution in [3.8, 4) is 0 Å². The summed E-state index contributed by atoms with van der Waals surface area (Å²) in [6.45, 7) is 0.806. The number of hydrogen-bond donors (Lipinski definition) is 3. The summed E-state index contributed by atoms with van der Waals surface area (Å²) in [5, 5.41) is 0.410. The van der Waals surface area contributed by atoms with Crippen molar-refractivity contribution in [3.05, 3.63) is 28.4 Å². The number of primary amides is 1. The Kier molecular flexibility index (Phi) is 4.45. The van der Waals surface area contributed by atoms with Crippen LogP contribution >= 0.6 is 15.9 Å². The highest BCUT2D eigenvalue weighted by molar-refractivity contribution is 9.10. The number of carbonyl (C=O) groups is 1. The number of carbonyl (C=O) groups excluding carboxylic acids is 1. The maximum atomic E-state index is 12.7. The van der Waals surface area contributed by atoms with Crippen molar-refractivity contribution in [2.75, 3.05) is 13.2 Å². The highest BCUT2D eigenvalue weighted by Gasteiger charge is 2.28. The van der Waals surface area contributed by atoms with E-state index in [1.54, 1.807) is 18.2 Å². The Morgan fingerprint density at radius 3 is 2.91 bits per heavy atom. The molecule has 0 spiro atoms. The van der Waals surface area contributed by atoms with Crippen LogP contribution in [-0.2, 0) is 14.8 Å². The van der Waals surface area contributed by atoms with Crippen LogP contribution in [0, 0.1) is 0 Å². The molecular formula is C14H16BrN3O4S. The van der Waals surface area contributed by atoms with Gasteiger partial charge in [-0.15, -0.1) is 0 Å². The molecule has 2 aromatic rings. The van der Waals surface area contributed by atoms with Gasteiger partial charge in [-0.2, -0.15) is 0 Å². The van der Waals surface area contributed by atoms with E-state index >= 15 is 0 Å². The molecule has 1 fully saturated rings. The monoisotopic (exact) mass is 401 g/mol. The number of amides is 1. The average molecular weight is 402 g/mol. The average Bonchev–Trinajstić information content (AvgIpc) is 3.12. The van der Waals surface area contributed by atoms with E-state index < -0.39 is 15.9 Å². The summed E-state index contributed by atoms with van der Waals surface area (Å²) in [5.74, 6) is -0.824. The van der Waals surface area contributed by atoms with Gasteiger partial charge < -0.3 is 15.5 Å². The minimum absolute atomic E-state index is 0.126. The van der Waals surface area contributed by atoms with Crippen molar-refractivity contribution in [2.45, 2.75) is 23.8 Å². The summed E-state index contributed by atoms with van der Waals surface area (Å²) < 4.78 is 34.0. The van der Waals surface area contributed by atoms with Crippen LogP contribution < -0.4 is 10.5 Å². The van der Waals surface area contributed by atoms with E-state index in [4.69, 9.17) is 10.5 Å². The number of aromatic amines is 1. The van der Waals surface area contributed by atoms with E-state index in [0.717, 1.165) is 12.8 Å². The van der Waals surface area contributed by atoms with E-state index in [0.29, 0.717) is 22.0 Å². The highest BCUT2D eigenvalue weighted by atomic mass is 79.9. The second-order valence-corrected chi connectivity index (χ2v) is 7.99. The number of aromatic nitrogens is 1. The Hall–Kier alpha value is -1.42. The molecule has 23 heavy (non-hydrogen) atoms. The molecule has 0 aliphatic carbocycles. The molecule has 9 heteroatoms. The Labute approximate surface area is 141 Å². The van der Waals surface area contributed by atoms with Crippen LogP contribution in [0.3, 0.4) is 0 Å². The van der Waals surface area contributed by atoms with Crippen LogP contribution in [0.25, 0.3) is 10.9 Å². The van der Waals surface area contributed by atoms with E-state index in [1.807, 2.05) is 0 Å². The standard InChI is InChI=1S/C14H16BrN3O4S/c15-8-3-4-11-10(6-8)13(12(18-11)14(16)19)23(20,21)17-7-9-2-1-5-22-9/h3-4,6,9,17-18H,1-2,5,7H2,(H2,16,19). The number of halogens is 1. The lowest BCUT2D eigenvalue weighted by molar-refractivity contribution is 0.0993. The molecule has 0 bridgehead atoms. The lowest BCUT2D eigenvalue weighted by atomic mass is 10.2. The maximum Gasteiger partial charge on any atom is 0.266 e. The zero-order valence-corrected chi connectivity index (χ0v) is 14.5. The molecule has 1 saturated heterocycles. The summed E-state index contributed by atoms with van der Waals surface area (Å²) in [6.07, 6.45) is 1.59. The minimum atomic E-state index is -3.91. The first kappa shape index (κ1) is 16.4. The van der Waals surface area contributed by atoms with Gasteiger partial charge in [0.05, 0.1) is 6.10 Å². The van der Waals surface area contributed by atoms with Crippen molar-refractivity contribution in [3.63, 3.8) is 0 Å². The number of ether oxygens (including phenoxy) is 1. The van der Waals surface area contributed by atoms with Crippen LogP contribution in [0.2, 0.25) is 0 Å². The second kappa shape index (κ2) is 6.23. The summed E-state index contributed by atoms with van der Waals surface area (Å²) in [5.41, 5.74) is 5.73. The summed E-state index contributed by atoms with van der Waals surface area (Å²) in [7, 11) is -3.91. The third-order valence-corrected chi connectivity index (χ3v) is 5.75. The molecule has 1 aliphatic rings. The second-order valence-electron chi connectivity index (χ2n) is 5.37. The van der Waals surface area contributed by atoms with E-state index in [1.165, 1.54) is 0 Å². The highest BCUT2D eigenvalue weighted by Crippen LogP contribution is 2.29. The molecular weight excluding hydrogens is 386 g/mol. The van der Waals surface area contributed by atoms with Crippen LogP contribution in [0.15, 0.2) is 27.6 Å². The zero-order chi connectivity index (χ0) is 16.6. The Morgan fingerprint density at radius 2 is 2.26 bits per heavy atom. The first-order valence-corrected chi connectivity index (χ1v) is 9.38. The van der Waals surface area contributed by atoms with Crippen molar-refractivity contribution in [2.24, 2.45) is 5.73 Å². The molecule has 1 amide bonds. The quantitative estimate of drug-likeness (QED) is 0.703. The molecule has 2 heterocycles. The third kappa shape index (κ3) is 3.27. The number of sulfonamides is 1. The predicted molar refractivity (Wildman–Crippen MR) is 88.7 cm³/mol. The first-order valence-electron chi connectivity index (χ1n) is 7.11. The maximum absolute atomic E-state index is 12.7. The third-order valence-electron chi connectivity index (χ3n) is 3.75. The fourth-order valence-electron chi connectivity index (χ4n) is 2.67. The predicted octanol–water partition coefficient (Wildman–Crippen LogP) is 1.49. The van der Waals surface area contributed by atoms with E-state index in [9.17, 15) is 13.2 Å². The summed E-state index contributed by atoms with van der Waals surface area (Å²) in [4.78, 5) is 14.3. The fourth-order valence-corrected chi connectivity index (χ4v) is 4.46. The van der Waals surface area contributed by atoms with Crippen LogP contribution in [-0.4, -0.2) is 38.6 Å². The van der Waals surface area contributed by atoms with Gasteiger partial charge in [-0.25, -0.2) is 13.1 Å². The lowest BCUT2D eigenvalue weighted by Gasteiger charge is -2.11. The van der Waals surface area contributed by atoms with Gasteiger partial charge in [-0.1, -0.05) is 15.9 Å². The molecule has 0 saturated carbocycles. The van der Waals surface area contributed by atoms with Gasteiger partial charge in [0.2, 0.25) is 10.0 Å². The number of nitrogens with one attached hydrogen (secondary N) is 2. The molecule has 1 aromatic carbocycles. The number of fused-ring (bicyclic) bond motifs is 1. The number of H-pyrrole nitrogens is 1. The number of benzene rings is 1. The number of rotatable bonds is 5. The van der Waals surface area contributed by atoms with Crippen LogP contribution in [0.1, 0.15) is 23.3 Å². The van der Waals surface area contributed by atoms with Gasteiger partial charge >= 0.3 is 0 Å². The molecule has 0 radical (unpaired) electrons. The largest absolute Gasteiger partial charge is 0.377 e. The molecule has 1 aliphatic heterocycles. The molecule has 4 N–H and O–H groups in total. The molecule has 1 aromatic heterocycles. The van der Waals surface area contributed by atoms with E-state index in [-0.39, 0.29) is 23.2 Å². The van der Waals surface area contributed by atoms with Gasteiger partial charge in [0.25, 0.3) is 5.91 Å². The number of hydrogen-bond acceptors (Lipinski definition) is 4. The van der Waals surface area contributed by atoms with Gasteiger partial charge in [0, 0.05) is 28.5 Å². The zero-order valence-electron chi connectivity index (χ0n) is 12.1. The normalized spacial score (nSPS) is 18.6. The van der Waals surface area contributed by atoms with Gasteiger partial charge in [-0.05, 0) is 31.0 Å². The topological polar surface area (TPSA) is 114 Å². The Morgan fingerprint density at radius 1 is 1.48 bits per heavy atom. The van der Waals surface area contributed by atoms with Gasteiger partial charge in [0.15, 0.2) is 0 Å². The molecule has 1 atom stereocenters. The lowest BCUT2D eigenvalue weighted by Crippen LogP contribution is -2.33. The molecule has 124 valence electrons. The molecule has 3 rings (SSSR count). The smallest absolute Gasteiger partial charge is 0.266 e. The van der Waals surface area contributed by atoms with Crippen molar-refractivity contribution < 1.29 is 17.9 Å². The fraction of sp³-hybridized carbons (Fsp3) is 0.357. The molecule has 1 unspecified atom stereocenters. The van der Waals surface area contributed by atoms with Crippen molar-refractivity contribution >= 4 is 42.8 Å². The Bertz CT molecular complexity index is 856. The van der Waals surface area contributed by atoms with Gasteiger partial charge in [0.1, 0.15) is 10.6 Å². The first-order chi connectivity index (χ1) is 10.9. The number of nitrogens with two attached hydrogens (primary N) is 1. The van der Waals surface area contributed by atoms with Crippen molar-refractivity contribution in [1.82, 2.24) is 9.71 Å². The van der Waals surface area contributed by atoms with E-state index in [2.05, 4.69) is 25.6 Å².